The van der Waals surface area contributed by atoms with Crippen molar-refractivity contribution in [3.05, 3.63) is 65.2 Å². The van der Waals surface area contributed by atoms with Gasteiger partial charge in [-0.2, -0.15) is 5.10 Å². The number of benzene rings is 2. The largest absolute Gasteiger partial charge is 0.374 e. The lowest BCUT2D eigenvalue weighted by molar-refractivity contribution is -0.133. The maximum atomic E-state index is 12.5. The molecule has 7 nitrogen and oxygen atoms in total. The lowest BCUT2D eigenvalue weighted by atomic mass is 10.00. The number of hydrogen-bond donors (Lipinski definition) is 3. The van der Waals surface area contributed by atoms with Crippen LogP contribution in [0.4, 0.5) is 5.69 Å². The predicted octanol–water partition coefficient (Wildman–Crippen LogP) is 1.48. The fourth-order valence-corrected chi connectivity index (χ4v) is 3.25. The van der Waals surface area contributed by atoms with Gasteiger partial charge in [0.15, 0.2) is 0 Å². The first-order valence-electron chi connectivity index (χ1n) is 9.29. The molecular weight excluding hydrogens is 354 g/mol. The van der Waals surface area contributed by atoms with E-state index < -0.39 is 6.04 Å². The van der Waals surface area contributed by atoms with Crippen LogP contribution in [0.5, 0.6) is 0 Å². The monoisotopic (exact) mass is 379 g/mol. The number of fused-ring (bicyclic) bond motifs is 1. The highest BCUT2D eigenvalue weighted by Crippen LogP contribution is 2.18. The molecule has 1 aliphatic heterocycles. The first-order chi connectivity index (χ1) is 13.6. The zero-order valence-electron chi connectivity index (χ0n) is 15.9. The average Bonchev–Trinajstić information content (AvgIpc) is 2.71. The molecule has 3 rings (SSSR count). The molecule has 28 heavy (non-hydrogen) atoms. The molecule has 0 saturated carbocycles. The summed E-state index contributed by atoms with van der Waals surface area (Å²) >= 11 is 0. The van der Waals surface area contributed by atoms with E-state index in [2.05, 4.69) is 21.8 Å². The molecule has 1 atom stereocenters. The van der Waals surface area contributed by atoms with Gasteiger partial charge in [0.2, 0.25) is 11.8 Å². The molecule has 7 heteroatoms. The number of nitrogens with zero attached hydrogens (tertiary/aromatic N) is 2. The Morgan fingerprint density at radius 1 is 1.21 bits per heavy atom. The number of carbonyl (C=O) groups is 2. The molecule has 0 saturated heterocycles. The zero-order valence-corrected chi connectivity index (χ0v) is 15.9. The van der Waals surface area contributed by atoms with Gasteiger partial charge in [-0.3, -0.25) is 9.59 Å². The van der Waals surface area contributed by atoms with Gasteiger partial charge in [-0.15, -0.1) is 0 Å². The highest BCUT2D eigenvalue weighted by Gasteiger charge is 2.21. The third-order valence-corrected chi connectivity index (χ3v) is 4.78. The number of amides is 2. The molecule has 1 aliphatic rings. The van der Waals surface area contributed by atoms with E-state index in [1.165, 1.54) is 17.3 Å². The Bertz CT molecular complexity index is 881. The molecule has 2 aromatic carbocycles. The van der Waals surface area contributed by atoms with E-state index >= 15 is 0 Å². The van der Waals surface area contributed by atoms with Crippen molar-refractivity contribution in [2.24, 2.45) is 10.9 Å². The highest BCUT2D eigenvalue weighted by molar-refractivity contribution is 5.89. The van der Waals surface area contributed by atoms with Crippen LogP contribution in [-0.2, 0) is 22.6 Å². The Labute approximate surface area is 164 Å². The first-order valence-corrected chi connectivity index (χ1v) is 9.29. The van der Waals surface area contributed by atoms with E-state index in [0.717, 1.165) is 17.7 Å². The minimum Gasteiger partial charge on any atom is -0.374 e. The lowest BCUT2D eigenvalue weighted by Gasteiger charge is -2.29. The van der Waals surface area contributed by atoms with Gasteiger partial charge in [-0.1, -0.05) is 36.4 Å². The maximum Gasteiger partial charge on any atom is 0.242 e. The smallest absolute Gasteiger partial charge is 0.242 e. The Balaban J connectivity index is 1.49. The van der Waals surface area contributed by atoms with Crippen LogP contribution in [0.3, 0.4) is 0 Å². The number of hydrazone groups is 1. The van der Waals surface area contributed by atoms with Crippen molar-refractivity contribution < 1.29 is 9.59 Å². The Morgan fingerprint density at radius 2 is 2.00 bits per heavy atom. The summed E-state index contributed by atoms with van der Waals surface area (Å²) in [4.78, 5) is 26.6. The number of nitrogens with one attached hydrogen (secondary N) is 2. The molecule has 0 bridgehead atoms. The second kappa shape index (κ2) is 9.03. The summed E-state index contributed by atoms with van der Waals surface area (Å²) in [5.41, 5.74) is 4.07. The molecule has 1 heterocycles. The van der Waals surface area contributed by atoms with Crippen LogP contribution in [0.25, 0.3) is 0 Å². The SMILES string of the molecule is CC(Nc1cccc(/C=N/N)c1)C(=O)NCC(=O)N1CCc2ccccc2C1. The number of carbonyl (C=O) groups excluding carboxylic acids is 2. The van der Waals surface area contributed by atoms with Gasteiger partial charge in [0.05, 0.1) is 12.8 Å². The van der Waals surface area contributed by atoms with Crippen molar-refractivity contribution in [3.8, 4) is 0 Å². The van der Waals surface area contributed by atoms with E-state index in [1.807, 2.05) is 42.5 Å². The van der Waals surface area contributed by atoms with E-state index in [4.69, 9.17) is 5.84 Å². The second-order valence-corrected chi connectivity index (χ2v) is 6.82. The molecule has 0 aromatic heterocycles. The van der Waals surface area contributed by atoms with E-state index in [-0.39, 0.29) is 18.4 Å². The van der Waals surface area contributed by atoms with E-state index in [1.54, 1.807) is 11.8 Å². The van der Waals surface area contributed by atoms with Crippen LogP contribution < -0.4 is 16.5 Å². The number of rotatable bonds is 6. The maximum absolute atomic E-state index is 12.5. The fraction of sp³-hybridized carbons (Fsp3) is 0.286. The molecular formula is C21H25N5O2. The van der Waals surface area contributed by atoms with Gasteiger partial charge < -0.3 is 21.4 Å². The summed E-state index contributed by atoms with van der Waals surface area (Å²) in [7, 11) is 0. The van der Waals surface area contributed by atoms with Crippen LogP contribution in [-0.4, -0.2) is 42.1 Å². The quantitative estimate of drug-likeness (QED) is 0.402. The Hall–Kier alpha value is -3.35. The van der Waals surface area contributed by atoms with Crippen LogP contribution in [0.1, 0.15) is 23.6 Å². The van der Waals surface area contributed by atoms with Gasteiger partial charge >= 0.3 is 0 Å². The van der Waals surface area contributed by atoms with Gasteiger partial charge in [-0.05, 0) is 42.2 Å². The Morgan fingerprint density at radius 3 is 2.79 bits per heavy atom. The number of anilines is 1. The van der Waals surface area contributed by atoms with E-state index in [0.29, 0.717) is 13.1 Å². The molecule has 4 N–H and O–H groups in total. The van der Waals surface area contributed by atoms with Gasteiger partial charge in [0, 0.05) is 18.8 Å². The molecule has 0 fully saturated rings. The second-order valence-electron chi connectivity index (χ2n) is 6.82. The molecule has 0 aliphatic carbocycles. The van der Waals surface area contributed by atoms with Crippen LogP contribution in [0, 0.1) is 0 Å². The minimum absolute atomic E-state index is 0.00705. The van der Waals surface area contributed by atoms with Crippen molar-refractivity contribution in [2.45, 2.75) is 25.9 Å². The predicted molar refractivity (Wildman–Crippen MR) is 110 cm³/mol. The fourth-order valence-electron chi connectivity index (χ4n) is 3.25. The molecule has 1 unspecified atom stereocenters. The van der Waals surface area contributed by atoms with Crippen LogP contribution >= 0.6 is 0 Å². The average molecular weight is 379 g/mol. The van der Waals surface area contributed by atoms with Crippen LogP contribution in [0.2, 0.25) is 0 Å². The molecule has 146 valence electrons. The molecule has 2 amide bonds. The standard InChI is InChI=1S/C21H25N5O2/c1-15(25-19-8-4-5-16(11-19)12-24-22)21(28)23-13-20(27)26-10-9-17-6-2-3-7-18(17)14-26/h2-8,11-12,15,25H,9-10,13-14,22H2,1H3,(H,23,28)/b24-12+. The van der Waals surface area contributed by atoms with Gasteiger partial charge in [0.25, 0.3) is 0 Å². The highest BCUT2D eigenvalue weighted by atomic mass is 16.2. The third-order valence-electron chi connectivity index (χ3n) is 4.78. The van der Waals surface area contributed by atoms with Crippen molar-refractivity contribution in [1.29, 1.82) is 0 Å². The van der Waals surface area contributed by atoms with Crippen molar-refractivity contribution in [3.63, 3.8) is 0 Å². The number of hydrogen-bond acceptors (Lipinski definition) is 5. The third kappa shape index (κ3) is 4.88. The molecule has 0 radical (unpaired) electrons. The van der Waals surface area contributed by atoms with Gasteiger partial charge in [0.1, 0.15) is 6.04 Å². The van der Waals surface area contributed by atoms with Crippen LogP contribution in [0.15, 0.2) is 53.6 Å². The van der Waals surface area contributed by atoms with Crippen molar-refractivity contribution in [1.82, 2.24) is 10.2 Å². The van der Waals surface area contributed by atoms with Gasteiger partial charge in [-0.25, -0.2) is 0 Å². The first kappa shape index (κ1) is 19.4. The van der Waals surface area contributed by atoms with Crippen molar-refractivity contribution in [2.75, 3.05) is 18.4 Å². The summed E-state index contributed by atoms with van der Waals surface area (Å²) in [5, 5.41) is 9.34. The summed E-state index contributed by atoms with van der Waals surface area (Å²) in [6.07, 6.45) is 2.38. The summed E-state index contributed by atoms with van der Waals surface area (Å²) in [5.74, 6) is 4.86. The zero-order chi connectivity index (χ0) is 19.9. The minimum atomic E-state index is -0.486. The van der Waals surface area contributed by atoms with E-state index in [9.17, 15) is 9.59 Å². The summed E-state index contributed by atoms with van der Waals surface area (Å²) in [6.45, 7) is 3.01. The Kier molecular flexibility index (Phi) is 6.26. The summed E-state index contributed by atoms with van der Waals surface area (Å²) in [6, 6.07) is 15.1. The number of nitrogens with two attached hydrogens (primary N) is 1. The molecule has 0 spiro atoms. The lowest BCUT2D eigenvalue weighted by Crippen LogP contribution is -2.45. The normalized spacial score (nSPS) is 14.4. The van der Waals surface area contributed by atoms with Crippen molar-refractivity contribution >= 4 is 23.7 Å². The molecule has 2 aromatic rings. The summed E-state index contributed by atoms with van der Waals surface area (Å²) < 4.78 is 0. The topological polar surface area (TPSA) is 99.8 Å².